The molecule has 1 heterocycles. The monoisotopic (exact) mass is 311 g/mol. The van der Waals surface area contributed by atoms with Gasteiger partial charge in [-0.05, 0) is 25.1 Å². The molecule has 0 atom stereocenters. The van der Waals surface area contributed by atoms with Gasteiger partial charge in [-0.2, -0.15) is 0 Å². The summed E-state index contributed by atoms with van der Waals surface area (Å²) in [7, 11) is -3.82. The number of sulfonamides is 1. The van der Waals surface area contributed by atoms with Gasteiger partial charge in [0.1, 0.15) is 17.2 Å². The molecule has 8 nitrogen and oxygen atoms in total. The van der Waals surface area contributed by atoms with Crippen LogP contribution in [0.25, 0.3) is 0 Å². The van der Waals surface area contributed by atoms with Crippen LogP contribution in [0, 0.1) is 6.92 Å². The number of benzene rings is 1. The number of nitrogens with one attached hydrogen (secondary N) is 1. The number of nitrogens with zero attached hydrogens (tertiary/aromatic N) is 1. The summed E-state index contributed by atoms with van der Waals surface area (Å²) in [6.45, 7) is 1.64. The van der Waals surface area contributed by atoms with Gasteiger partial charge in [0.2, 0.25) is 10.0 Å². The van der Waals surface area contributed by atoms with Crippen LogP contribution in [0.2, 0.25) is 0 Å². The van der Waals surface area contributed by atoms with Gasteiger partial charge < -0.3 is 15.4 Å². The number of carbonyl (C=O) groups is 1. The third kappa shape index (κ3) is 3.72. The molecule has 0 saturated carbocycles. The van der Waals surface area contributed by atoms with E-state index >= 15 is 0 Å². The summed E-state index contributed by atoms with van der Waals surface area (Å²) < 4.78 is 31.0. The highest BCUT2D eigenvalue weighted by Crippen LogP contribution is 2.21. The van der Waals surface area contributed by atoms with Crippen molar-refractivity contribution in [3.05, 3.63) is 41.3 Å². The van der Waals surface area contributed by atoms with Crippen LogP contribution >= 0.6 is 0 Å². The van der Waals surface area contributed by atoms with Crippen LogP contribution in [0.15, 0.2) is 28.8 Å². The average molecular weight is 311 g/mol. The minimum Gasteiger partial charge on any atom is -0.478 e. The fraction of sp³-hybridized carbons (Fsp3) is 0.167. The number of hydrogen-bond acceptors (Lipinski definition) is 6. The van der Waals surface area contributed by atoms with Crippen molar-refractivity contribution < 1.29 is 22.8 Å². The fourth-order valence-corrected chi connectivity index (χ4v) is 2.82. The van der Waals surface area contributed by atoms with E-state index < -0.39 is 21.7 Å². The summed E-state index contributed by atoms with van der Waals surface area (Å²) >= 11 is 0. The van der Waals surface area contributed by atoms with Crippen molar-refractivity contribution in [2.45, 2.75) is 12.7 Å². The maximum atomic E-state index is 12.0. The van der Waals surface area contributed by atoms with E-state index in [1.54, 1.807) is 6.92 Å². The van der Waals surface area contributed by atoms with Crippen LogP contribution in [-0.4, -0.2) is 24.7 Å². The van der Waals surface area contributed by atoms with Gasteiger partial charge in [-0.3, -0.25) is 4.72 Å². The minimum absolute atomic E-state index is 0.0584. The van der Waals surface area contributed by atoms with Crippen molar-refractivity contribution in [2.24, 2.45) is 0 Å². The number of aromatic nitrogens is 1. The molecule has 0 aliphatic heterocycles. The highest BCUT2D eigenvalue weighted by atomic mass is 32.2. The summed E-state index contributed by atoms with van der Waals surface area (Å²) in [5.74, 6) is -1.22. The Balaban J connectivity index is 2.26. The molecule has 0 aliphatic carbocycles. The Bertz CT molecular complexity index is 782. The second kappa shape index (κ2) is 5.44. The molecule has 1 aromatic heterocycles. The van der Waals surface area contributed by atoms with Gasteiger partial charge in [0.05, 0.1) is 11.3 Å². The van der Waals surface area contributed by atoms with E-state index in [0.29, 0.717) is 5.76 Å². The first-order valence-corrected chi connectivity index (χ1v) is 7.47. The number of carboxylic acids is 1. The number of anilines is 2. The van der Waals surface area contributed by atoms with E-state index in [2.05, 4.69) is 9.88 Å². The lowest BCUT2D eigenvalue weighted by Crippen LogP contribution is -2.17. The Morgan fingerprint density at radius 2 is 2.14 bits per heavy atom. The minimum atomic E-state index is -3.82. The Labute approximate surface area is 120 Å². The third-order valence-electron chi connectivity index (χ3n) is 2.55. The number of nitrogens with two attached hydrogens (primary N) is 1. The molecule has 0 amide bonds. The zero-order valence-corrected chi connectivity index (χ0v) is 11.8. The number of nitrogen functional groups attached to an aromatic ring is 1. The van der Waals surface area contributed by atoms with Crippen LogP contribution in [0.1, 0.15) is 21.8 Å². The summed E-state index contributed by atoms with van der Waals surface area (Å²) in [6, 6.07) is 5.37. The molecule has 2 aromatic rings. The summed E-state index contributed by atoms with van der Waals surface area (Å²) in [5.41, 5.74) is 5.66. The van der Waals surface area contributed by atoms with Crippen molar-refractivity contribution in [3.63, 3.8) is 0 Å². The number of carboxylic acid groups (broad SMARTS) is 1. The van der Waals surface area contributed by atoms with Gasteiger partial charge in [-0.25, -0.2) is 13.2 Å². The number of aromatic carboxylic acids is 1. The Kier molecular flexibility index (Phi) is 3.85. The Hall–Kier alpha value is -2.55. The van der Waals surface area contributed by atoms with E-state index in [0.717, 1.165) is 0 Å². The van der Waals surface area contributed by atoms with Crippen LogP contribution in [0.5, 0.6) is 0 Å². The van der Waals surface area contributed by atoms with E-state index in [4.69, 9.17) is 15.4 Å². The lowest BCUT2D eigenvalue weighted by molar-refractivity contribution is 0.0698. The third-order valence-corrected chi connectivity index (χ3v) is 3.76. The zero-order valence-electron chi connectivity index (χ0n) is 11.0. The zero-order chi connectivity index (χ0) is 15.6. The Morgan fingerprint density at radius 1 is 1.43 bits per heavy atom. The fourth-order valence-electron chi connectivity index (χ4n) is 1.71. The van der Waals surface area contributed by atoms with Gasteiger partial charge >= 0.3 is 5.97 Å². The van der Waals surface area contributed by atoms with Crippen molar-refractivity contribution in [1.29, 1.82) is 0 Å². The normalized spacial score (nSPS) is 11.3. The van der Waals surface area contributed by atoms with E-state index in [1.165, 1.54) is 24.3 Å². The SMILES string of the molecule is Cc1cc(CS(=O)(=O)Nc2ccc(N)cc2C(=O)O)no1. The highest BCUT2D eigenvalue weighted by molar-refractivity contribution is 7.91. The molecule has 2 rings (SSSR count). The molecule has 0 unspecified atom stereocenters. The van der Waals surface area contributed by atoms with Crippen molar-refractivity contribution in [1.82, 2.24) is 5.16 Å². The van der Waals surface area contributed by atoms with Crippen molar-refractivity contribution in [2.75, 3.05) is 10.5 Å². The molecule has 0 aliphatic rings. The standard InChI is InChI=1S/C12H13N3O5S/c1-7-4-9(14-20-7)6-21(18,19)15-11-3-2-8(13)5-10(11)12(16)17/h2-5,15H,6,13H2,1H3,(H,16,17). The molecule has 4 N–H and O–H groups in total. The number of hydrogen-bond donors (Lipinski definition) is 3. The molecule has 0 saturated heterocycles. The topological polar surface area (TPSA) is 136 Å². The molecule has 21 heavy (non-hydrogen) atoms. The number of rotatable bonds is 5. The lowest BCUT2D eigenvalue weighted by Gasteiger charge is -2.10. The van der Waals surface area contributed by atoms with Gasteiger partial charge in [-0.1, -0.05) is 5.16 Å². The van der Waals surface area contributed by atoms with E-state index in [9.17, 15) is 13.2 Å². The van der Waals surface area contributed by atoms with Gasteiger partial charge in [0.25, 0.3) is 0 Å². The first kappa shape index (κ1) is 14.9. The first-order chi connectivity index (χ1) is 9.77. The average Bonchev–Trinajstić information content (AvgIpc) is 2.75. The van der Waals surface area contributed by atoms with Crippen LogP contribution < -0.4 is 10.5 Å². The largest absolute Gasteiger partial charge is 0.478 e. The molecule has 0 fully saturated rings. The van der Waals surface area contributed by atoms with Crippen LogP contribution in [0.3, 0.4) is 0 Å². The molecule has 9 heteroatoms. The molecule has 0 radical (unpaired) electrons. The maximum Gasteiger partial charge on any atom is 0.337 e. The predicted octanol–water partition coefficient (Wildman–Crippen LogP) is 1.21. The molecule has 0 bridgehead atoms. The van der Waals surface area contributed by atoms with Crippen LogP contribution in [-0.2, 0) is 15.8 Å². The summed E-state index contributed by atoms with van der Waals surface area (Å²) in [5, 5.41) is 12.6. The smallest absolute Gasteiger partial charge is 0.337 e. The Morgan fingerprint density at radius 3 is 2.71 bits per heavy atom. The quantitative estimate of drug-likeness (QED) is 0.706. The van der Waals surface area contributed by atoms with Gasteiger partial charge in [0, 0.05) is 11.8 Å². The first-order valence-electron chi connectivity index (χ1n) is 5.82. The molecular formula is C12H13N3O5S. The van der Waals surface area contributed by atoms with Gasteiger partial charge in [0.15, 0.2) is 0 Å². The van der Waals surface area contributed by atoms with Crippen molar-refractivity contribution in [3.8, 4) is 0 Å². The predicted molar refractivity (Wildman–Crippen MR) is 75.3 cm³/mol. The number of aryl methyl sites for hydroxylation is 1. The summed E-state index contributed by atoms with van der Waals surface area (Å²) in [6.07, 6.45) is 0. The van der Waals surface area contributed by atoms with Gasteiger partial charge in [-0.15, -0.1) is 0 Å². The van der Waals surface area contributed by atoms with Crippen LogP contribution in [0.4, 0.5) is 11.4 Å². The molecule has 112 valence electrons. The van der Waals surface area contributed by atoms with E-state index in [1.807, 2.05) is 0 Å². The maximum absolute atomic E-state index is 12.0. The second-order valence-electron chi connectivity index (χ2n) is 4.40. The molecule has 0 spiro atoms. The van der Waals surface area contributed by atoms with Crippen molar-refractivity contribution >= 4 is 27.4 Å². The highest BCUT2D eigenvalue weighted by Gasteiger charge is 2.18. The molecule has 1 aromatic carbocycles. The second-order valence-corrected chi connectivity index (χ2v) is 6.12. The summed E-state index contributed by atoms with van der Waals surface area (Å²) in [4.78, 5) is 11.1. The molecular weight excluding hydrogens is 298 g/mol. The lowest BCUT2D eigenvalue weighted by atomic mass is 10.1. The van der Waals surface area contributed by atoms with E-state index in [-0.39, 0.29) is 22.6 Å².